The standard InChI is InChI=1S/C23H21Cl2N3O7/c1-3-6-34-17-5-4-13(10-18(17)33-2)28-22(31)14(21(30)27-23(28)32)7-12-8-15(24)20(16(25)9-12)35-11-19(26)29/h4-5,7-10H,3,6,11H2,1-2H3,(H2,26,29)(H,27,30,32)/b14-7+. The number of nitrogens with two attached hydrogens (primary N) is 1. The number of carbonyl (C=O) groups excluding carboxylic acids is 4. The first-order chi connectivity index (χ1) is 16.7. The number of ether oxygens (including phenoxy) is 3. The first-order valence-electron chi connectivity index (χ1n) is 10.3. The van der Waals surface area contributed by atoms with Gasteiger partial charge in [0.05, 0.1) is 29.4 Å². The monoisotopic (exact) mass is 521 g/mol. The van der Waals surface area contributed by atoms with Crippen molar-refractivity contribution in [3.05, 3.63) is 51.5 Å². The highest BCUT2D eigenvalue weighted by Crippen LogP contribution is 2.36. The SMILES string of the molecule is CCCOc1ccc(N2C(=O)NC(=O)/C(=C\c3cc(Cl)c(OCC(N)=O)c(Cl)c3)C2=O)cc1OC. The summed E-state index contributed by atoms with van der Waals surface area (Å²) in [6.45, 7) is 1.96. The molecule has 0 saturated carbocycles. The number of urea groups is 1. The fraction of sp³-hybridized carbons (Fsp3) is 0.217. The summed E-state index contributed by atoms with van der Waals surface area (Å²) in [6.07, 6.45) is 2.00. The molecule has 0 aromatic heterocycles. The van der Waals surface area contributed by atoms with E-state index in [1.165, 1.54) is 37.5 Å². The summed E-state index contributed by atoms with van der Waals surface area (Å²) in [6, 6.07) is 6.34. The van der Waals surface area contributed by atoms with Gasteiger partial charge < -0.3 is 19.9 Å². The number of halogens is 2. The average molecular weight is 522 g/mol. The lowest BCUT2D eigenvalue weighted by Crippen LogP contribution is -2.54. The molecule has 35 heavy (non-hydrogen) atoms. The molecule has 1 fully saturated rings. The first kappa shape index (κ1) is 25.9. The summed E-state index contributed by atoms with van der Waals surface area (Å²) in [5, 5.41) is 2.18. The summed E-state index contributed by atoms with van der Waals surface area (Å²) in [5.74, 6) is -1.72. The van der Waals surface area contributed by atoms with Crippen LogP contribution >= 0.6 is 23.2 Å². The molecule has 1 heterocycles. The highest BCUT2D eigenvalue weighted by Gasteiger charge is 2.37. The Bertz CT molecular complexity index is 1210. The number of methoxy groups -OCH3 is 1. The van der Waals surface area contributed by atoms with Crippen LogP contribution in [-0.2, 0) is 14.4 Å². The van der Waals surface area contributed by atoms with Gasteiger partial charge in [-0.1, -0.05) is 30.1 Å². The second-order valence-corrected chi connectivity index (χ2v) is 8.02. The van der Waals surface area contributed by atoms with Crippen LogP contribution in [0, 0.1) is 0 Å². The van der Waals surface area contributed by atoms with Crippen molar-refractivity contribution in [1.29, 1.82) is 0 Å². The molecule has 1 aliphatic rings. The second-order valence-electron chi connectivity index (χ2n) is 7.21. The second kappa shape index (κ2) is 11.1. The maximum atomic E-state index is 13.2. The molecule has 184 valence electrons. The van der Waals surface area contributed by atoms with Gasteiger partial charge in [-0.15, -0.1) is 0 Å². The molecular weight excluding hydrogens is 501 g/mol. The molecule has 3 rings (SSSR count). The number of barbiturate groups is 1. The Balaban J connectivity index is 1.95. The molecule has 1 aliphatic heterocycles. The van der Waals surface area contributed by atoms with E-state index in [0.717, 1.165) is 11.3 Å². The molecule has 0 bridgehead atoms. The molecular formula is C23H21Cl2N3O7. The van der Waals surface area contributed by atoms with Gasteiger partial charge >= 0.3 is 6.03 Å². The van der Waals surface area contributed by atoms with E-state index in [9.17, 15) is 19.2 Å². The Morgan fingerprint density at radius 3 is 2.37 bits per heavy atom. The molecule has 10 nitrogen and oxygen atoms in total. The first-order valence-corrected chi connectivity index (χ1v) is 11.0. The van der Waals surface area contributed by atoms with Crippen molar-refractivity contribution in [3.8, 4) is 17.2 Å². The molecule has 12 heteroatoms. The lowest BCUT2D eigenvalue weighted by atomic mass is 10.1. The zero-order valence-electron chi connectivity index (χ0n) is 18.7. The van der Waals surface area contributed by atoms with Crippen molar-refractivity contribution in [2.45, 2.75) is 13.3 Å². The summed E-state index contributed by atoms with van der Waals surface area (Å²) in [5.41, 5.74) is 5.16. The number of hydrogen-bond donors (Lipinski definition) is 2. The van der Waals surface area contributed by atoms with E-state index in [-0.39, 0.29) is 32.6 Å². The van der Waals surface area contributed by atoms with E-state index in [2.05, 4.69) is 5.32 Å². The lowest BCUT2D eigenvalue weighted by molar-refractivity contribution is -0.123. The Morgan fingerprint density at radius 2 is 1.77 bits per heavy atom. The largest absolute Gasteiger partial charge is 0.493 e. The van der Waals surface area contributed by atoms with Gasteiger partial charge in [0.15, 0.2) is 23.9 Å². The van der Waals surface area contributed by atoms with Crippen molar-refractivity contribution < 1.29 is 33.4 Å². The molecule has 2 aromatic carbocycles. The number of nitrogens with one attached hydrogen (secondary N) is 1. The molecule has 1 saturated heterocycles. The topological polar surface area (TPSA) is 137 Å². The van der Waals surface area contributed by atoms with Crippen molar-refractivity contribution in [3.63, 3.8) is 0 Å². The van der Waals surface area contributed by atoms with Crippen molar-refractivity contribution >= 4 is 58.7 Å². The molecule has 0 atom stereocenters. The van der Waals surface area contributed by atoms with Gasteiger partial charge in [0, 0.05) is 6.07 Å². The van der Waals surface area contributed by atoms with Crippen LogP contribution in [-0.4, -0.2) is 44.1 Å². The predicted molar refractivity (Wildman–Crippen MR) is 129 cm³/mol. The van der Waals surface area contributed by atoms with Crippen LogP contribution < -0.4 is 30.2 Å². The van der Waals surface area contributed by atoms with Gasteiger partial charge in [-0.2, -0.15) is 0 Å². The van der Waals surface area contributed by atoms with E-state index in [1.54, 1.807) is 6.07 Å². The highest BCUT2D eigenvalue weighted by molar-refractivity contribution is 6.40. The minimum Gasteiger partial charge on any atom is -0.493 e. The Hall–Kier alpha value is -3.76. The maximum absolute atomic E-state index is 13.2. The van der Waals surface area contributed by atoms with Gasteiger partial charge in [-0.05, 0) is 42.3 Å². The lowest BCUT2D eigenvalue weighted by Gasteiger charge is -2.27. The average Bonchev–Trinajstić information content (AvgIpc) is 2.79. The fourth-order valence-electron chi connectivity index (χ4n) is 3.13. The number of primary amides is 1. The van der Waals surface area contributed by atoms with Crippen LogP contribution in [0.5, 0.6) is 17.2 Å². The zero-order chi connectivity index (χ0) is 25.7. The van der Waals surface area contributed by atoms with Crippen molar-refractivity contribution in [2.75, 3.05) is 25.2 Å². The Labute approximate surface area is 210 Å². The fourth-order valence-corrected chi connectivity index (χ4v) is 3.74. The maximum Gasteiger partial charge on any atom is 0.335 e. The molecule has 0 spiro atoms. The molecule has 0 aliphatic carbocycles. The van der Waals surface area contributed by atoms with E-state index in [4.69, 9.17) is 43.1 Å². The van der Waals surface area contributed by atoms with E-state index < -0.39 is 30.4 Å². The highest BCUT2D eigenvalue weighted by atomic mass is 35.5. The Kier molecular flexibility index (Phi) is 8.21. The van der Waals surface area contributed by atoms with Gasteiger partial charge in [0.1, 0.15) is 5.57 Å². The van der Waals surface area contributed by atoms with E-state index >= 15 is 0 Å². The van der Waals surface area contributed by atoms with Crippen LogP contribution in [0.2, 0.25) is 10.0 Å². The number of rotatable bonds is 9. The van der Waals surface area contributed by atoms with Gasteiger partial charge in [0.2, 0.25) is 0 Å². The van der Waals surface area contributed by atoms with Crippen molar-refractivity contribution in [2.24, 2.45) is 5.73 Å². The normalized spacial score (nSPS) is 14.7. The third-order valence-electron chi connectivity index (χ3n) is 4.66. The van der Waals surface area contributed by atoms with E-state index in [0.29, 0.717) is 18.1 Å². The van der Waals surface area contributed by atoms with Crippen LogP contribution in [0.1, 0.15) is 18.9 Å². The molecule has 2 aromatic rings. The number of anilines is 1. The number of imide groups is 2. The Morgan fingerprint density at radius 1 is 1.09 bits per heavy atom. The third kappa shape index (κ3) is 5.84. The van der Waals surface area contributed by atoms with Crippen LogP contribution in [0.4, 0.5) is 10.5 Å². The van der Waals surface area contributed by atoms with Crippen LogP contribution in [0.3, 0.4) is 0 Å². The van der Waals surface area contributed by atoms with Crippen LogP contribution in [0.15, 0.2) is 35.9 Å². The number of amides is 5. The quantitative estimate of drug-likeness (QED) is 0.381. The summed E-state index contributed by atoms with van der Waals surface area (Å²) >= 11 is 12.3. The predicted octanol–water partition coefficient (Wildman–Crippen LogP) is 3.32. The molecule has 0 radical (unpaired) electrons. The zero-order valence-corrected chi connectivity index (χ0v) is 20.2. The third-order valence-corrected chi connectivity index (χ3v) is 5.22. The molecule has 5 amide bonds. The molecule has 3 N–H and O–H groups in total. The molecule has 0 unspecified atom stereocenters. The number of nitrogens with zero attached hydrogens (tertiary/aromatic N) is 1. The minimum atomic E-state index is -0.923. The minimum absolute atomic E-state index is 0.0167. The number of benzene rings is 2. The van der Waals surface area contributed by atoms with E-state index in [1.807, 2.05) is 6.92 Å². The van der Waals surface area contributed by atoms with Gasteiger partial charge in [0.25, 0.3) is 17.7 Å². The number of hydrogen-bond acceptors (Lipinski definition) is 7. The van der Waals surface area contributed by atoms with Gasteiger partial charge in [-0.25, -0.2) is 9.69 Å². The number of carbonyl (C=O) groups is 4. The van der Waals surface area contributed by atoms with Crippen LogP contribution in [0.25, 0.3) is 6.08 Å². The van der Waals surface area contributed by atoms with Crippen molar-refractivity contribution in [1.82, 2.24) is 5.32 Å². The smallest absolute Gasteiger partial charge is 0.335 e. The summed E-state index contributed by atoms with van der Waals surface area (Å²) < 4.78 is 16.1. The summed E-state index contributed by atoms with van der Waals surface area (Å²) in [7, 11) is 1.43. The van der Waals surface area contributed by atoms with Gasteiger partial charge in [-0.3, -0.25) is 19.7 Å². The summed E-state index contributed by atoms with van der Waals surface area (Å²) in [4.78, 5) is 49.9.